The van der Waals surface area contributed by atoms with E-state index in [1.165, 1.54) is 19.2 Å². The lowest BCUT2D eigenvalue weighted by molar-refractivity contribution is -0.386. The number of nitro groups is 1. The highest BCUT2D eigenvalue weighted by Gasteiger charge is 2.22. The number of phenols is 1. The van der Waals surface area contributed by atoms with E-state index in [1.54, 1.807) is 0 Å². The number of carbonyl (C=O) groups excluding carboxylic acids is 1. The number of benzene rings is 1. The first-order valence-corrected chi connectivity index (χ1v) is 5.94. The molecule has 0 aliphatic heterocycles. The summed E-state index contributed by atoms with van der Waals surface area (Å²) in [4.78, 5) is 21.2. The van der Waals surface area contributed by atoms with Gasteiger partial charge in [0.2, 0.25) is 0 Å². The van der Waals surface area contributed by atoms with E-state index in [0.717, 1.165) is 0 Å². The summed E-state index contributed by atoms with van der Waals surface area (Å²) in [5.74, 6) is -1.12. The summed E-state index contributed by atoms with van der Waals surface area (Å²) in [7, 11) is 1.19. The minimum absolute atomic E-state index is 0.0316. The Hall–Kier alpha value is -1.42. The monoisotopic (exact) mass is 366 g/mol. The minimum Gasteiger partial charge on any atom is -0.502 e. The molecule has 0 amide bonds. The number of rotatable bonds is 4. The molecule has 18 heavy (non-hydrogen) atoms. The van der Waals surface area contributed by atoms with Crippen molar-refractivity contribution in [3.63, 3.8) is 0 Å². The van der Waals surface area contributed by atoms with Crippen LogP contribution in [-0.2, 0) is 16.0 Å². The summed E-state index contributed by atoms with van der Waals surface area (Å²) in [6, 6.07) is 1.80. The van der Waals surface area contributed by atoms with Crippen LogP contribution >= 0.6 is 22.6 Å². The topological polar surface area (TPSA) is 116 Å². The zero-order chi connectivity index (χ0) is 13.9. The van der Waals surface area contributed by atoms with Crippen LogP contribution in [-0.4, -0.2) is 29.2 Å². The van der Waals surface area contributed by atoms with Gasteiger partial charge in [-0.2, -0.15) is 0 Å². The summed E-state index contributed by atoms with van der Waals surface area (Å²) in [5.41, 5.74) is 5.38. The molecular formula is C10H11IN2O5. The number of phenolic OH excluding ortho intramolecular Hbond substituents is 1. The fraction of sp³-hybridized carbons (Fsp3) is 0.300. The van der Waals surface area contributed by atoms with Crippen LogP contribution in [0.5, 0.6) is 5.75 Å². The van der Waals surface area contributed by atoms with E-state index in [9.17, 15) is 20.0 Å². The third-order valence-corrected chi connectivity index (χ3v) is 2.90. The van der Waals surface area contributed by atoms with Gasteiger partial charge in [0, 0.05) is 21.6 Å². The normalized spacial score (nSPS) is 11.9. The molecule has 0 saturated heterocycles. The Bertz CT molecular complexity index is 491. The first kappa shape index (κ1) is 14.6. The van der Waals surface area contributed by atoms with Crippen molar-refractivity contribution in [2.75, 3.05) is 7.11 Å². The van der Waals surface area contributed by atoms with Gasteiger partial charge < -0.3 is 15.6 Å². The molecule has 0 fully saturated rings. The number of halogens is 1. The fourth-order valence-electron chi connectivity index (χ4n) is 1.41. The third-order valence-electron chi connectivity index (χ3n) is 2.27. The Morgan fingerprint density at radius 2 is 2.28 bits per heavy atom. The smallest absolute Gasteiger partial charge is 0.322 e. The molecule has 0 heterocycles. The second kappa shape index (κ2) is 5.96. The SMILES string of the molecule is COC(=O)C(N)Cc1cc(I)cc([N+](=O)[O-])c1O. The van der Waals surface area contributed by atoms with E-state index >= 15 is 0 Å². The number of nitrogens with two attached hydrogens (primary N) is 1. The highest BCUT2D eigenvalue weighted by atomic mass is 127. The molecular weight excluding hydrogens is 355 g/mol. The second-order valence-electron chi connectivity index (χ2n) is 3.52. The predicted octanol–water partition coefficient (Wildman–Crippen LogP) is 0.948. The molecule has 1 aromatic rings. The van der Waals surface area contributed by atoms with Crippen LogP contribution in [0, 0.1) is 13.7 Å². The van der Waals surface area contributed by atoms with Crippen molar-refractivity contribution in [2.45, 2.75) is 12.5 Å². The number of nitrogens with zero attached hydrogens (tertiary/aromatic N) is 1. The maximum atomic E-state index is 11.2. The average Bonchev–Trinajstić information content (AvgIpc) is 2.31. The van der Waals surface area contributed by atoms with E-state index < -0.39 is 28.4 Å². The van der Waals surface area contributed by atoms with Crippen molar-refractivity contribution in [2.24, 2.45) is 5.73 Å². The van der Waals surface area contributed by atoms with Crippen LogP contribution in [0.2, 0.25) is 0 Å². The quantitative estimate of drug-likeness (QED) is 0.355. The molecule has 1 atom stereocenters. The molecule has 1 rings (SSSR count). The van der Waals surface area contributed by atoms with Crippen molar-refractivity contribution in [3.05, 3.63) is 31.4 Å². The van der Waals surface area contributed by atoms with E-state index in [2.05, 4.69) is 4.74 Å². The number of nitro benzene ring substituents is 1. The Kier molecular flexibility index (Phi) is 4.84. The average molecular weight is 366 g/mol. The lowest BCUT2D eigenvalue weighted by atomic mass is 10.0. The van der Waals surface area contributed by atoms with Crippen molar-refractivity contribution >= 4 is 34.2 Å². The second-order valence-corrected chi connectivity index (χ2v) is 4.77. The van der Waals surface area contributed by atoms with Crippen LogP contribution in [0.1, 0.15) is 5.56 Å². The third kappa shape index (κ3) is 3.29. The molecule has 0 saturated carbocycles. The molecule has 0 aliphatic carbocycles. The molecule has 7 nitrogen and oxygen atoms in total. The first-order chi connectivity index (χ1) is 8.36. The fourth-order valence-corrected chi connectivity index (χ4v) is 2.08. The molecule has 3 N–H and O–H groups in total. The van der Waals surface area contributed by atoms with Gasteiger partial charge in [0.1, 0.15) is 6.04 Å². The molecule has 0 aromatic heterocycles. The van der Waals surface area contributed by atoms with Crippen LogP contribution in [0.4, 0.5) is 5.69 Å². The number of carbonyl (C=O) groups is 1. The van der Waals surface area contributed by atoms with Crippen molar-refractivity contribution < 1.29 is 19.6 Å². The Morgan fingerprint density at radius 3 is 2.78 bits per heavy atom. The van der Waals surface area contributed by atoms with Gasteiger partial charge in [-0.05, 0) is 28.7 Å². The summed E-state index contributed by atoms with van der Waals surface area (Å²) in [5, 5.41) is 20.5. The molecule has 8 heteroatoms. The molecule has 0 radical (unpaired) electrons. The van der Waals surface area contributed by atoms with E-state index in [4.69, 9.17) is 5.73 Å². The molecule has 0 bridgehead atoms. The van der Waals surface area contributed by atoms with Gasteiger partial charge in [-0.1, -0.05) is 0 Å². The standard InChI is InChI=1S/C10H11IN2O5/c1-18-10(15)7(12)3-5-2-6(11)4-8(9(5)14)13(16)17/h2,4,7,14H,3,12H2,1H3. The number of ether oxygens (including phenoxy) is 1. The number of methoxy groups -OCH3 is 1. The zero-order valence-corrected chi connectivity index (χ0v) is 11.6. The molecule has 0 spiro atoms. The zero-order valence-electron chi connectivity index (χ0n) is 9.42. The van der Waals surface area contributed by atoms with Crippen molar-refractivity contribution in [3.8, 4) is 5.75 Å². The van der Waals surface area contributed by atoms with Crippen LogP contribution in [0.25, 0.3) is 0 Å². The highest BCUT2D eigenvalue weighted by molar-refractivity contribution is 14.1. The van der Waals surface area contributed by atoms with Gasteiger partial charge in [-0.25, -0.2) is 0 Å². The van der Waals surface area contributed by atoms with Gasteiger partial charge >= 0.3 is 11.7 Å². The van der Waals surface area contributed by atoms with Gasteiger partial charge in [0.15, 0.2) is 5.75 Å². The largest absolute Gasteiger partial charge is 0.502 e. The summed E-state index contributed by atoms with van der Waals surface area (Å²) < 4.78 is 5.02. The Balaban J connectivity index is 3.10. The van der Waals surface area contributed by atoms with Gasteiger partial charge in [0.25, 0.3) is 0 Å². The van der Waals surface area contributed by atoms with Gasteiger partial charge in [-0.15, -0.1) is 0 Å². The number of hydrogen-bond acceptors (Lipinski definition) is 6. The molecule has 0 aliphatic rings. The number of aromatic hydroxyl groups is 1. The summed E-state index contributed by atoms with van der Waals surface area (Å²) >= 11 is 1.88. The van der Waals surface area contributed by atoms with Crippen molar-refractivity contribution in [1.29, 1.82) is 0 Å². The lowest BCUT2D eigenvalue weighted by Crippen LogP contribution is -2.33. The maximum absolute atomic E-state index is 11.2. The summed E-state index contributed by atoms with van der Waals surface area (Å²) in [6.07, 6.45) is -0.0316. The molecule has 1 unspecified atom stereocenters. The van der Waals surface area contributed by atoms with Crippen molar-refractivity contribution in [1.82, 2.24) is 0 Å². The molecule has 98 valence electrons. The minimum atomic E-state index is -0.973. The lowest BCUT2D eigenvalue weighted by Gasteiger charge is -2.11. The highest BCUT2D eigenvalue weighted by Crippen LogP contribution is 2.32. The van der Waals surface area contributed by atoms with Gasteiger partial charge in [0.05, 0.1) is 12.0 Å². The number of hydrogen-bond donors (Lipinski definition) is 2. The van der Waals surface area contributed by atoms with E-state index in [-0.39, 0.29) is 12.0 Å². The predicted molar refractivity (Wildman–Crippen MR) is 71.2 cm³/mol. The van der Waals surface area contributed by atoms with Crippen LogP contribution < -0.4 is 5.73 Å². The molecule has 1 aromatic carbocycles. The Morgan fingerprint density at radius 1 is 1.67 bits per heavy atom. The maximum Gasteiger partial charge on any atom is 0.322 e. The van der Waals surface area contributed by atoms with Gasteiger partial charge in [-0.3, -0.25) is 14.9 Å². The first-order valence-electron chi connectivity index (χ1n) is 4.86. The number of esters is 1. The summed E-state index contributed by atoms with van der Waals surface area (Å²) in [6.45, 7) is 0. The Labute approximate surface area is 116 Å². The van der Waals surface area contributed by atoms with Crippen LogP contribution in [0.15, 0.2) is 12.1 Å². The van der Waals surface area contributed by atoms with E-state index in [0.29, 0.717) is 3.57 Å². The van der Waals surface area contributed by atoms with Crippen LogP contribution in [0.3, 0.4) is 0 Å². The van der Waals surface area contributed by atoms with E-state index in [1.807, 2.05) is 22.6 Å².